The fourth-order valence-corrected chi connectivity index (χ4v) is 7.90. The molecule has 8 aromatic rings. The van der Waals surface area contributed by atoms with Gasteiger partial charge in [0.05, 0.1) is 11.0 Å². The summed E-state index contributed by atoms with van der Waals surface area (Å²) in [6.45, 7) is 2.05. The van der Waals surface area contributed by atoms with Gasteiger partial charge in [0, 0.05) is 21.9 Å². The number of allylic oxidation sites excluding steroid dienone is 7. The predicted molar refractivity (Wildman–Crippen MR) is 205 cm³/mol. The van der Waals surface area contributed by atoms with E-state index >= 15 is 0 Å². The molecule has 1 aliphatic carbocycles. The van der Waals surface area contributed by atoms with Crippen LogP contribution in [0.4, 0.5) is 0 Å². The van der Waals surface area contributed by atoms with Gasteiger partial charge >= 0.3 is 0 Å². The van der Waals surface area contributed by atoms with Crippen LogP contribution in [0.1, 0.15) is 30.9 Å². The fourth-order valence-electron chi connectivity index (χ4n) is 7.90. The molecule has 224 valence electrons. The molecule has 1 nitrogen and oxygen atoms in total. The lowest BCUT2D eigenvalue weighted by molar-refractivity contribution is 0.893. The van der Waals surface area contributed by atoms with Crippen molar-refractivity contribution in [3.05, 3.63) is 168 Å². The van der Waals surface area contributed by atoms with Gasteiger partial charge in [0.1, 0.15) is 0 Å². The Labute approximate surface area is 275 Å². The van der Waals surface area contributed by atoms with Gasteiger partial charge in [0.15, 0.2) is 0 Å². The molecule has 7 aromatic carbocycles. The Balaban J connectivity index is 1.23. The predicted octanol–water partition coefficient (Wildman–Crippen LogP) is 12.8. The van der Waals surface area contributed by atoms with E-state index < -0.39 is 0 Å². The monoisotopic (exact) mass is 601 g/mol. The maximum absolute atomic E-state index is 2.56. The molecule has 0 fully saturated rings. The van der Waals surface area contributed by atoms with Crippen molar-refractivity contribution in [1.82, 2.24) is 4.57 Å². The van der Waals surface area contributed by atoms with Crippen molar-refractivity contribution in [3.63, 3.8) is 0 Å². The first-order valence-corrected chi connectivity index (χ1v) is 16.7. The summed E-state index contributed by atoms with van der Waals surface area (Å²) in [6, 6.07) is 44.9. The van der Waals surface area contributed by atoms with Gasteiger partial charge in [-0.3, -0.25) is 0 Å². The Hall–Kier alpha value is -5.66. The smallest absolute Gasteiger partial charge is 0.0622 e. The summed E-state index contributed by atoms with van der Waals surface area (Å²) in [5, 5.41) is 13.2. The lowest BCUT2D eigenvalue weighted by Crippen LogP contribution is -2.03. The summed E-state index contributed by atoms with van der Waals surface area (Å²) in [5.74, 6) is 0. The van der Waals surface area contributed by atoms with Crippen molar-refractivity contribution >= 4 is 76.7 Å². The molecule has 9 rings (SSSR count). The lowest BCUT2D eigenvalue weighted by atomic mass is 9.90. The van der Waals surface area contributed by atoms with E-state index in [1.54, 1.807) is 0 Å². The van der Waals surface area contributed by atoms with Crippen molar-refractivity contribution in [2.24, 2.45) is 0 Å². The molecule has 1 aromatic heterocycles. The minimum atomic E-state index is 0.972. The number of hydrogen-bond acceptors (Lipinski definition) is 0. The zero-order chi connectivity index (χ0) is 31.3. The molecule has 0 atom stereocenters. The molecule has 0 unspecified atom stereocenters. The maximum atomic E-state index is 2.56. The minimum Gasteiger partial charge on any atom is -0.312 e. The van der Waals surface area contributed by atoms with E-state index in [1.165, 1.54) is 87.3 Å². The average Bonchev–Trinajstić information content (AvgIpc) is 3.48. The summed E-state index contributed by atoms with van der Waals surface area (Å²) in [6.07, 6.45) is 16.3. The molecule has 0 bridgehead atoms. The number of nitrogens with zero attached hydrogens (tertiary/aromatic N) is 1. The summed E-state index contributed by atoms with van der Waals surface area (Å²) < 4.78 is 2.56. The van der Waals surface area contributed by atoms with Crippen LogP contribution in [-0.4, -0.2) is 4.57 Å². The Morgan fingerprint density at radius 1 is 0.574 bits per heavy atom. The van der Waals surface area contributed by atoms with Crippen molar-refractivity contribution in [3.8, 4) is 0 Å². The van der Waals surface area contributed by atoms with Crippen LogP contribution in [-0.2, 0) is 6.42 Å². The highest BCUT2D eigenvalue weighted by atomic mass is 15.0. The highest BCUT2D eigenvalue weighted by molar-refractivity contribution is 6.32. The average molecular weight is 602 g/mol. The van der Waals surface area contributed by atoms with E-state index in [0.717, 1.165) is 19.3 Å². The van der Waals surface area contributed by atoms with Crippen LogP contribution in [0.2, 0.25) is 0 Å². The third kappa shape index (κ3) is 4.54. The molecule has 1 aliphatic rings. The number of aromatic nitrogens is 1. The van der Waals surface area contributed by atoms with Gasteiger partial charge in [-0.25, -0.2) is 0 Å². The van der Waals surface area contributed by atoms with Crippen molar-refractivity contribution < 1.29 is 0 Å². The number of rotatable bonds is 5. The highest BCUT2D eigenvalue weighted by Crippen LogP contribution is 2.44. The lowest BCUT2D eigenvalue weighted by Gasteiger charge is -2.20. The van der Waals surface area contributed by atoms with Gasteiger partial charge < -0.3 is 4.57 Å². The molecule has 1 heteroatoms. The fraction of sp³-hybridized carbons (Fsp3) is 0.0870. The van der Waals surface area contributed by atoms with Gasteiger partial charge in [-0.15, -0.1) is 0 Å². The SMILES string of the molecule is C/C=C\C=C/c1ccc2c3ccccc3c3c(c2c1)c1ccccc1n3C1=CC=C(Cc2cc3ccccc3c3ccccc23)CC1. The summed E-state index contributed by atoms with van der Waals surface area (Å²) in [5.41, 5.74) is 8.07. The topological polar surface area (TPSA) is 4.93 Å². The molecule has 1 heterocycles. The van der Waals surface area contributed by atoms with E-state index in [1.807, 2.05) is 0 Å². The molecule has 0 saturated carbocycles. The highest BCUT2D eigenvalue weighted by Gasteiger charge is 2.21. The van der Waals surface area contributed by atoms with Crippen molar-refractivity contribution in [2.75, 3.05) is 0 Å². The zero-order valence-corrected chi connectivity index (χ0v) is 26.6. The second-order valence-corrected chi connectivity index (χ2v) is 12.8. The molecule has 0 amide bonds. The zero-order valence-electron chi connectivity index (χ0n) is 26.6. The Bertz CT molecular complexity index is 2650. The van der Waals surface area contributed by atoms with E-state index in [2.05, 4.69) is 169 Å². The second-order valence-electron chi connectivity index (χ2n) is 12.8. The van der Waals surface area contributed by atoms with Crippen LogP contribution in [0.25, 0.3) is 76.7 Å². The number of hydrogen-bond donors (Lipinski definition) is 0. The van der Waals surface area contributed by atoms with Crippen molar-refractivity contribution in [1.29, 1.82) is 0 Å². The Morgan fingerprint density at radius 3 is 2.04 bits per heavy atom. The number of benzene rings is 7. The van der Waals surface area contributed by atoms with E-state index in [-0.39, 0.29) is 0 Å². The number of para-hydroxylation sites is 1. The van der Waals surface area contributed by atoms with Crippen LogP contribution in [0.3, 0.4) is 0 Å². The standard InChI is InChI=1S/C46H35N/c1-2-3-4-13-31-24-27-40-39-18-9-10-19-41(39)46-45(43(40)29-31)42-20-11-12-21-44(42)47(46)35-25-22-32(23-26-35)28-34-30-33-14-5-6-15-36(33)38-17-8-7-16-37(34)38/h2-22,24-25,27,29-30H,23,26,28H2,1H3/b3-2-,13-4-. The Kier molecular flexibility index (Phi) is 6.64. The van der Waals surface area contributed by atoms with Crippen LogP contribution in [0.15, 0.2) is 157 Å². The summed E-state index contributed by atoms with van der Waals surface area (Å²) in [7, 11) is 0. The number of fused-ring (bicyclic) bond motifs is 11. The van der Waals surface area contributed by atoms with E-state index in [0.29, 0.717) is 0 Å². The maximum Gasteiger partial charge on any atom is 0.0622 e. The first-order valence-electron chi connectivity index (χ1n) is 16.7. The molecule has 0 radical (unpaired) electrons. The third-order valence-electron chi connectivity index (χ3n) is 10.0. The van der Waals surface area contributed by atoms with E-state index in [9.17, 15) is 0 Å². The third-order valence-corrected chi connectivity index (χ3v) is 10.0. The second kappa shape index (κ2) is 11.3. The van der Waals surface area contributed by atoms with Gasteiger partial charge in [-0.2, -0.15) is 0 Å². The minimum absolute atomic E-state index is 0.972. The Morgan fingerprint density at radius 2 is 1.26 bits per heavy atom. The van der Waals surface area contributed by atoms with Crippen LogP contribution >= 0.6 is 0 Å². The van der Waals surface area contributed by atoms with Crippen LogP contribution < -0.4 is 0 Å². The molecule has 0 aliphatic heterocycles. The molecular formula is C46H35N. The van der Waals surface area contributed by atoms with Gasteiger partial charge in [0.2, 0.25) is 0 Å². The van der Waals surface area contributed by atoms with E-state index in [4.69, 9.17) is 0 Å². The molecule has 0 spiro atoms. The summed E-state index contributed by atoms with van der Waals surface area (Å²) >= 11 is 0. The molecule has 0 saturated heterocycles. The normalized spacial score (nSPS) is 14.1. The first-order chi connectivity index (χ1) is 23.3. The summed E-state index contributed by atoms with van der Waals surface area (Å²) in [4.78, 5) is 0. The van der Waals surface area contributed by atoms with Crippen LogP contribution in [0.5, 0.6) is 0 Å². The molecular weight excluding hydrogens is 567 g/mol. The van der Waals surface area contributed by atoms with Gasteiger partial charge in [-0.1, -0.05) is 145 Å². The largest absolute Gasteiger partial charge is 0.312 e. The van der Waals surface area contributed by atoms with Gasteiger partial charge in [-0.05, 0) is 93.2 Å². The van der Waals surface area contributed by atoms with Crippen molar-refractivity contribution in [2.45, 2.75) is 26.2 Å². The quantitative estimate of drug-likeness (QED) is 0.137. The molecule has 0 N–H and O–H groups in total. The first kappa shape index (κ1) is 27.6. The van der Waals surface area contributed by atoms with Crippen LogP contribution in [0, 0.1) is 0 Å². The molecule has 47 heavy (non-hydrogen) atoms. The van der Waals surface area contributed by atoms with Gasteiger partial charge in [0.25, 0.3) is 0 Å².